The van der Waals surface area contributed by atoms with Gasteiger partial charge in [-0.1, -0.05) is 19.3 Å². The number of methoxy groups -OCH3 is 1. The highest BCUT2D eigenvalue weighted by Crippen LogP contribution is 2.25. The van der Waals surface area contributed by atoms with Crippen molar-refractivity contribution in [1.29, 1.82) is 0 Å². The Balaban J connectivity index is 1.96. The van der Waals surface area contributed by atoms with Crippen molar-refractivity contribution in [3.8, 4) is 0 Å². The largest absolute Gasteiger partial charge is 0.380 e. The molecule has 0 aromatic heterocycles. The predicted octanol–water partition coefficient (Wildman–Crippen LogP) is 1.53. The normalized spacial score (nSPS) is 34.1. The fourth-order valence-electron chi connectivity index (χ4n) is 3.21. The van der Waals surface area contributed by atoms with E-state index in [1.165, 1.54) is 12.8 Å². The van der Waals surface area contributed by atoms with Crippen molar-refractivity contribution in [3.05, 3.63) is 0 Å². The summed E-state index contributed by atoms with van der Waals surface area (Å²) in [4.78, 5) is 14.5. The van der Waals surface area contributed by atoms with Crippen LogP contribution in [0.5, 0.6) is 0 Å². The number of nitrogens with two attached hydrogens (primary N) is 1. The molecule has 1 amide bonds. The van der Waals surface area contributed by atoms with Crippen LogP contribution in [-0.2, 0) is 9.53 Å². The van der Waals surface area contributed by atoms with Gasteiger partial charge >= 0.3 is 0 Å². The van der Waals surface area contributed by atoms with Crippen LogP contribution in [0.1, 0.15) is 44.9 Å². The zero-order valence-electron chi connectivity index (χ0n) is 11.4. The SMILES string of the molecule is COC1CCCN(C(=O)C2CCCCCC2N)C1. The summed E-state index contributed by atoms with van der Waals surface area (Å²) in [6.07, 6.45) is 7.83. The maximum atomic E-state index is 12.6. The van der Waals surface area contributed by atoms with E-state index < -0.39 is 0 Å². The third-order valence-corrected chi connectivity index (χ3v) is 4.41. The molecule has 0 bridgehead atoms. The highest BCUT2D eigenvalue weighted by Gasteiger charge is 2.32. The van der Waals surface area contributed by atoms with Crippen LogP contribution in [0.4, 0.5) is 0 Å². The molecule has 2 rings (SSSR count). The van der Waals surface area contributed by atoms with Gasteiger partial charge in [0.05, 0.1) is 12.0 Å². The number of likely N-dealkylation sites (tertiary alicyclic amines) is 1. The van der Waals surface area contributed by atoms with Crippen molar-refractivity contribution in [3.63, 3.8) is 0 Å². The van der Waals surface area contributed by atoms with Gasteiger partial charge in [0, 0.05) is 26.2 Å². The van der Waals surface area contributed by atoms with E-state index in [1.54, 1.807) is 7.11 Å². The lowest BCUT2D eigenvalue weighted by Gasteiger charge is -2.35. The summed E-state index contributed by atoms with van der Waals surface area (Å²) in [5.74, 6) is 0.314. The smallest absolute Gasteiger partial charge is 0.227 e. The van der Waals surface area contributed by atoms with Crippen LogP contribution >= 0.6 is 0 Å². The Hall–Kier alpha value is -0.610. The Morgan fingerprint density at radius 2 is 1.94 bits per heavy atom. The quantitative estimate of drug-likeness (QED) is 0.760. The zero-order chi connectivity index (χ0) is 13.0. The molecule has 0 spiro atoms. The molecule has 4 heteroatoms. The molecule has 2 N–H and O–H groups in total. The average molecular weight is 254 g/mol. The monoisotopic (exact) mass is 254 g/mol. The first kappa shape index (κ1) is 13.8. The number of hydrogen-bond acceptors (Lipinski definition) is 3. The van der Waals surface area contributed by atoms with Gasteiger partial charge in [-0.25, -0.2) is 0 Å². The summed E-state index contributed by atoms with van der Waals surface area (Å²) < 4.78 is 5.39. The summed E-state index contributed by atoms with van der Waals surface area (Å²) in [6, 6.07) is 0.0583. The second kappa shape index (κ2) is 6.53. The van der Waals surface area contributed by atoms with Gasteiger partial charge < -0.3 is 15.4 Å². The molecule has 104 valence electrons. The highest BCUT2D eigenvalue weighted by molar-refractivity contribution is 5.79. The van der Waals surface area contributed by atoms with E-state index in [0.29, 0.717) is 0 Å². The molecule has 1 saturated carbocycles. The molecule has 0 aromatic rings. The molecule has 2 fully saturated rings. The Morgan fingerprint density at radius 1 is 1.17 bits per heavy atom. The third kappa shape index (κ3) is 3.23. The van der Waals surface area contributed by atoms with E-state index in [9.17, 15) is 4.79 Å². The first-order valence-corrected chi connectivity index (χ1v) is 7.29. The minimum Gasteiger partial charge on any atom is -0.380 e. The predicted molar refractivity (Wildman–Crippen MR) is 71.2 cm³/mol. The number of ether oxygens (including phenoxy) is 1. The molecule has 3 unspecified atom stereocenters. The Bertz CT molecular complexity index is 283. The second-order valence-electron chi connectivity index (χ2n) is 5.69. The molecule has 18 heavy (non-hydrogen) atoms. The maximum absolute atomic E-state index is 12.6. The van der Waals surface area contributed by atoms with E-state index in [2.05, 4.69) is 0 Å². The van der Waals surface area contributed by atoms with Crippen molar-refractivity contribution < 1.29 is 9.53 Å². The van der Waals surface area contributed by atoms with Crippen LogP contribution < -0.4 is 5.73 Å². The van der Waals surface area contributed by atoms with Crippen LogP contribution in [0.15, 0.2) is 0 Å². The van der Waals surface area contributed by atoms with Gasteiger partial charge in [0.1, 0.15) is 0 Å². The van der Waals surface area contributed by atoms with Crippen LogP contribution in [0.3, 0.4) is 0 Å². The molecular weight excluding hydrogens is 228 g/mol. The summed E-state index contributed by atoms with van der Waals surface area (Å²) in [5, 5.41) is 0. The first-order chi connectivity index (χ1) is 8.72. The highest BCUT2D eigenvalue weighted by atomic mass is 16.5. The van der Waals surface area contributed by atoms with Crippen LogP contribution in [0.25, 0.3) is 0 Å². The van der Waals surface area contributed by atoms with Crippen molar-refractivity contribution in [2.45, 2.75) is 57.1 Å². The molecule has 4 nitrogen and oxygen atoms in total. The Morgan fingerprint density at radius 3 is 2.72 bits per heavy atom. The molecule has 1 aliphatic heterocycles. The van der Waals surface area contributed by atoms with E-state index in [1.807, 2.05) is 4.90 Å². The number of rotatable bonds is 2. The van der Waals surface area contributed by atoms with Gasteiger partial charge in [0.2, 0.25) is 5.91 Å². The maximum Gasteiger partial charge on any atom is 0.227 e. The number of amides is 1. The minimum absolute atomic E-state index is 0.0445. The number of carbonyl (C=O) groups excluding carboxylic acids is 1. The van der Waals surface area contributed by atoms with Crippen LogP contribution in [-0.4, -0.2) is 43.2 Å². The molecule has 1 aliphatic carbocycles. The number of piperidine rings is 1. The fourth-order valence-corrected chi connectivity index (χ4v) is 3.21. The minimum atomic E-state index is 0.0445. The standard InChI is InChI=1S/C14H26N2O2/c1-18-11-6-5-9-16(10-11)14(17)12-7-3-2-4-8-13(12)15/h11-13H,2-10,15H2,1H3. The van der Waals surface area contributed by atoms with Gasteiger partial charge in [-0.05, 0) is 25.7 Å². The molecule has 1 saturated heterocycles. The van der Waals surface area contributed by atoms with Crippen molar-refractivity contribution in [1.82, 2.24) is 4.90 Å². The first-order valence-electron chi connectivity index (χ1n) is 7.29. The molecular formula is C14H26N2O2. The van der Waals surface area contributed by atoms with Gasteiger partial charge in [0.15, 0.2) is 0 Å². The number of hydrogen-bond donors (Lipinski definition) is 1. The molecule has 1 heterocycles. The van der Waals surface area contributed by atoms with E-state index in [4.69, 9.17) is 10.5 Å². The third-order valence-electron chi connectivity index (χ3n) is 4.41. The summed E-state index contributed by atoms with van der Waals surface area (Å²) in [5.41, 5.74) is 6.17. The Kier molecular flexibility index (Phi) is 5.01. The number of carbonyl (C=O) groups is 1. The average Bonchev–Trinajstić information content (AvgIpc) is 2.62. The topological polar surface area (TPSA) is 55.6 Å². The zero-order valence-corrected chi connectivity index (χ0v) is 11.4. The molecule has 0 aromatic carbocycles. The van der Waals surface area contributed by atoms with Crippen LogP contribution in [0, 0.1) is 5.92 Å². The van der Waals surface area contributed by atoms with Crippen molar-refractivity contribution in [2.75, 3.05) is 20.2 Å². The van der Waals surface area contributed by atoms with Crippen molar-refractivity contribution in [2.24, 2.45) is 11.7 Å². The summed E-state index contributed by atoms with van der Waals surface area (Å²) >= 11 is 0. The van der Waals surface area contributed by atoms with Crippen molar-refractivity contribution >= 4 is 5.91 Å². The fraction of sp³-hybridized carbons (Fsp3) is 0.929. The van der Waals surface area contributed by atoms with Gasteiger partial charge in [-0.3, -0.25) is 4.79 Å². The molecule has 0 radical (unpaired) electrons. The Labute approximate surface area is 110 Å². The van der Waals surface area contributed by atoms with Gasteiger partial charge in [0.25, 0.3) is 0 Å². The lowest BCUT2D eigenvalue weighted by Crippen LogP contribution is -2.49. The van der Waals surface area contributed by atoms with Gasteiger partial charge in [-0.15, -0.1) is 0 Å². The van der Waals surface area contributed by atoms with E-state index >= 15 is 0 Å². The second-order valence-corrected chi connectivity index (χ2v) is 5.69. The lowest BCUT2D eigenvalue weighted by atomic mass is 9.93. The summed E-state index contributed by atoms with van der Waals surface area (Å²) in [6.45, 7) is 1.63. The molecule has 2 aliphatic rings. The number of nitrogens with zero attached hydrogens (tertiary/aromatic N) is 1. The lowest BCUT2D eigenvalue weighted by molar-refractivity contribution is -0.140. The van der Waals surface area contributed by atoms with Crippen LogP contribution in [0.2, 0.25) is 0 Å². The summed E-state index contributed by atoms with van der Waals surface area (Å²) in [7, 11) is 1.73. The molecule has 3 atom stereocenters. The van der Waals surface area contributed by atoms with E-state index in [0.717, 1.165) is 45.2 Å². The van der Waals surface area contributed by atoms with E-state index in [-0.39, 0.29) is 24.0 Å². The van der Waals surface area contributed by atoms with Gasteiger partial charge in [-0.2, -0.15) is 0 Å².